The molecule has 1 rings (SSSR count). The quantitative estimate of drug-likeness (QED) is 0.840. The Balaban J connectivity index is 2.92. The zero-order valence-corrected chi connectivity index (χ0v) is 12.9. The van der Waals surface area contributed by atoms with Gasteiger partial charge in [-0.05, 0) is 19.1 Å². The lowest BCUT2D eigenvalue weighted by molar-refractivity contribution is -0.125. The number of hydrogen-bond donors (Lipinski definition) is 1. The molecule has 0 amide bonds. The summed E-state index contributed by atoms with van der Waals surface area (Å²) in [7, 11) is -3.79. The predicted octanol–water partition coefficient (Wildman–Crippen LogP) is 1.78. The van der Waals surface area contributed by atoms with Gasteiger partial charge in [0.25, 0.3) is 0 Å². The Morgan fingerprint density at radius 1 is 1.20 bits per heavy atom. The van der Waals surface area contributed by atoms with Crippen LogP contribution in [0.2, 0.25) is 0 Å². The van der Waals surface area contributed by atoms with Crippen molar-refractivity contribution in [3.63, 3.8) is 0 Å². The van der Waals surface area contributed by atoms with Crippen LogP contribution in [0.25, 0.3) is 0 Å². The van der Waals surface area contributed by atoms with Crippen molar-refractivity contribution in [2.24, 2.45) is 5.41 Å². The van der Waals surface area contributed by atoms with Crippen molar-refractivity contribution in [2.75, 3.05) is 6.54 Å². The molecular weight excluding hydrogens is 278 g/mol. The van der Waals surface area contributed by atoms with Crippen molar-refractivity contribution in [3.8, 4) is 0 Å². The second kappa shape index (κ2) is 5.85. The van der Waals surface area contributed by atoms with E-state index in [-0.39, 0.29) is 23.0 Å². The van der Waals surface area contributed by atoms with Crippen LogP contribution in [-0.4, -0.2) is 26.5 Å². The molecule has 1 aromatic rings. The highest BCUT2D eigenvalue weighted by Crippen LogP contribution is 2.15. The smallest absolute Gasteiger partial charge is 0.240 e. The summed E-state index contributed by atoms with van der Waals surface area (Å²) in [6.45, 7) is 6.26. The van der Waals surface area contributed by atoms with Gasteiger partial charge in [0.1, 0.15) is 0 Å². The van der Waals surface area contributed by atoms with Gasteiger partial charge >= 0.3 is 0 Å². The standard InChI is InChI=1S/C14H19NO4S/c1-10(16)11-6-5-7-12(8-11)20(18,19)15-9-13(17)14(2,3)4/h5-8,15H,9H2,1-4H3. The second-order valence-electron chi connectivity index (χ2n) is 5.58. The lowest BCUT2D eigenvalue weighted by Crippen LogP contribution is -2.35. The Labute approximate surface area is 119 Å². The molecule has 5 nitrogen and oxygen atoms in total. The van der Waals surface area contributed by atoms with E-state index in [2.05, 4.69) is 4.72 Å². The van der Waals surface area contributed by atoms with Crippen LogP contribution in [0, 0.1) is 5.41 Å². The number of carbonyl (C=O) groups is 2. The third-order valence-corrected chi connectivity index (χ3v) is 4.21. The number of sulfonamides is 1. The summed E-state index contributed by atoms with van der Waals surface area (Å²) in [5, 5.41) is 0. The number of benzene rings is 1. The predicted molar refractivity (Wildman–Crippen MR) is 76.1 cm³/mol. The van der Waals surface area contributed by atoms with Gasteiger partial charge in [-0.15, -0.1) is 0 Å². The van der Waals surface area contributed by atoms with Crippen LogP contribution in [0.15, 0.2) is 29.2 Å². The second-order valence-corrected chi connectivity index (χ2v) is 7.35. The average molecular weight is 297 g/mol. The van der Waals surface area contributed by atoms with Gasteiger partial charge in [0.15, 0.2) is 11.6 Å². The number of carbonyl (C=O) groups excluding carboxylic acids is 2. The lowest BCUT2D eigenvalue weighted by Gasteiger charge is -2.16. The van der Waals surface area contributed by atoms with Crippen LogP contribution < -0.4 is 4.72 Å². The van der Waals surface area contributed by atoms with E-state index in [1.54, 1.807) is 26.8 Å². The molecule has 0 saturated heterocycles. The Kier molecular flexibility index (Phi) is 4.83. The van der Waals surface area contributed by atoms with Gasteiger partial charge in [-0.2, -0.15) is 0 Å². The number of hydrogen-bond acceptors (Lipinski definition) is 4. The molecule has 0 aliphatic carbocycles. The molecule has 0 spiro atoms. The topological polar surface area (TPSA) is 80.3 Å². The first kappa shape index (κ1) is 16.5. The fraction of sp³-hybridized carbons (Fsp3) is 0.429. The third-order valence-electron chi connectivity index (χ3n) is 2.81. The zero-order chi connectivity index (χ0) is 15.6. The zero-order valence-electron chi connectivity index (χ0n) is 12.1. The van der Waals surface area contributed by atoms with Crippen LogP contribution in [0.4, 0.5) is 0 Å². The summed E-state index contributed by atoms with van der Waals surface area (Å²) in [4.78, 5) is 23.0. The van der Waals surface area contributed by atoms with E-state index in [1.165, 1.54) is 25.1 Å². The first-order valence-corrected chi connectivity index (χ1v) is 7.66. The van der Waals surface area contributed by atoms with E-state index in [1.807, 2.05) is 0 Å². The molecular formula is C14H19NO4S. The SMILES string of the molecule is CC(=O)c1cccc(S(=O)(=O)NCC(=O)C(C)(C)C)c1. The summed E-state index contributed by atoms with van der Waals surface area (Å²) in [5.41, 5.74) is -0.293. The van der Waals surface area contributed by atoms with Crippen molar-refractivity contribution in [2.45, 2.75) is 32.6 Å². The highest BCUT2D eigenvalue weighted by molar-refractivity contribution is 7.89. The largest absolute Gasteiger partial charge is 0.298 e. The van der Waals surface area contributed by atoms with Crippen molar-refractivity contribution >= 4 is 21.6 Å². The van der Waals surface area contributed by atoms with Crippen LogP contribution in [0.3, 0.4) is 0 Å². The van der Waals surface area contributed by atoms with Gasteiger partial charge in [0, 0.05) is 11.0 Å². The molecule has 0 aliphatic rings. The molecule has 0 atom stereocenters. The molecule has 0 saturated carbocycles. The fourth-order valence-electron chi connectivity index (χ4n) is 1.39. The molecule has 110 valence electrons. The summed E-state index contributed by atoms with van der Waals surface area (Å²) in [6, 6.07) is 5.72. The Bertz CT molecular complexity index is 627. The lowest BCUT2D eigenvalue weighted by atomic mass is 9.91. The molecule has 0 fully saturated rings. The molecule has 0 bridgehead atoms. The number of rotatable bonds is 5. The summed E-state index contributed by atoms with van der Waals surface area (Å²) in [6.07, 6.45) is 0. The maximum absolute atomic E-state index is 12.1. The van der Waals surface area contributed by atoms with Crippen LogP contribution in [-0.2, 0) is 14.8 Å². The van der Waals surface area contributed by atoms with E-state index in [4.69, 9.17) is 0 Å². The van der Waals surface area contributed by atoms with Crippen LogP contribution in [0.1, 0.15) is 38.1 Å². The Morgan fingerprint density at radius 3 is 2.30 bits per heavy atom. The minimum absolute atomic E-state index is 0.0214. The van der Waals surface area contributed by atoms with Gasteiger partial charge < -0.3 is 0 Å². The molecule has 0 unspecified atom stereocenters. The first-order chi connectivity index (χ1) is 9.04. The minimum atomic E-state index is -3.79. The molecule has 1 N–H and O–H groups in total. The molecule has 0 aromatic heterocycles. The highest BCUT2D eigenvalue weighted by Gasteiger charge is 2.23. The van der Waals surface area contributed by atoms with Crippen molar-refractivity contribution in [3.05, 3.63) is 29.8 Å². The van der Waals surface area contributed by atoms with E-state index < -0.39 is 15.4 Å². The number of nitrogens with one attached hydrogen (secondary N) is 1. The summed E-state index contributed by atoms with van der Waals surface area (Å²) >= 11 is 0. The molecule has 20 heavy (non-hydrogen) atoms. The van der Waals surface area contributed by atoms with Crippen molar-refractivity contribution < 1.29 is 18.0 Å². The average Bonchev–Trinajstić information content (AvgIpc) is 2.35. The van der Waals surface area contributed by atoms with Crippen molar-refractivity contribution in [1.29, 1.82) is 0 Å². The molecule has 6 heteroatoms. The third kappa shape index (κ3) is 4.25. The Morgan fingerprint density at radius 2 is 1.80 bits per heavy atom. The van der Waals surface area contributed by atoms with Gasteiger partial charge in [0.05, 0.1) is 11.4 Å². The molecule has 1 aromatic carbocycles. The number of Topliss-reactive ketones (excluding diaryl/α,β-unsaturated/α-hetero) is 2. The number of ketones is 2. The monoisotopic (exact) mass is 297 g/mol. The van der Waals surface area contributed by atoms with Gasteiger partial charge in [-0.25, -0.2) is 13.1 Å². The van der Waals surface area contributed by atoms with E-state index in [0.717, 1.165) is 0 Å². The Hall–Kier alpha value is -1.53. The van der Waals surface area contributed by atoms with Gasteiger partial charge in [-0.1, -0.05) is 32.9 Å². The van der Waals surface area contributed by atoms with Gasteiger partial charge in [-0.3, -0.25) is 9.59 Å². The summed E-state index contributed by atoms with van der Waals surface area (Å²) < 4.78 is 26.4. The maximum Gasteiger partial charge on any atom is 0.240 e. The minimum Gasteiger partial charge on any atom is -0.298 e. The van der Waals surface area contributed by atoms with Crippen LogP contribution >= 0.6 is 0 Å². The van der Waals surface area contributed by atoms with Gasteiger partial charge in [0.2, 0.25) is 10.0 Å². The maximum atomic E-state index is 12.1. The molecule has 0 heterocycles. The first-order valence-electron chi connectivity index (χ1n) is 6.18. The summed E-state index contributed by atoms with van der Waals surface area (Å²) in [5.74, 6) is -0.420. The van der Waals surface area contributed by atoms with E-state index >= 15 is 0 Å². The van der Waals surface area contributed by atoms with Crippen molar-refractivity contribution in [1.82, 2.24) is 4.72 Å². The molecule has 0 radical (unpaired) electrons. The highest BCUT2D eigenvalue weighted by atomic mass is 32.2. The molecule has 0 aliphatic heterocycles. The van der Waals surface area contributed by atoms with Crippen LogP contribution in [0.5, 0.6) is 0 Å². The van der Waals surface area contributed by atoms with E-state index in [0.29, 0.717) is 5.56 Å². The fourth-order valence-corrected chi connectivity index (χ4v) is 2.42. The normalized spacial score (nSPS) is 12.2. The van der Waals surface area contributed by atoms with E-state index in [9.17, 15) is 18.0 Å².